The minimum Gasteiger partial charge on any atom is -0.480 e. The predicted molar refractivity (Wildman–Crippen MR) is 81.2 cm³/mol. The number of hydrogen-bond donors (Lipinski definition) is 2. The van der Waals surface area contributed by atoms with Gasteiger partial charge in [-0.2, -0.15) is 0 Å². The quantitative estimate of drug-likeness (QED) is 0.842. The highest BCUT2D eigenvalue weighted by Crippen LogP contribution is 2.24. The second kappa shape index (κ2) is 7.19. The number of aliphatic carboxylic acids is 1. The van der Waals surface area contributed by atoms with E-state index in [-0.39, 0.29) is 12.5 Å². The normalized spacial score (nSPS) is 19.1. The molecule has 0 aromatic carbocycles. The Balaban J connectivity index is 1.86. The number of hydrogen-bond acceptors (Lipinski definition) is 4. The molecule has 0 aliphatic carbocycles. The molecule has 1 fully saturated rings. The van der Waals surface area contributed by atoms with Crippen molar-refractivity contribution in [2.45, 2.75) is 12.8 Å². The van der Waals surface area contributed by atoms with Crippen LogP contribution in [0.3, 0.4) is 0 Å². The van der Waals surface area contributed by atoms with Gasteiger partial charge in [0.1, 0.15) is 0 Å². The van der Waals surface area contributed by atoms with Gasteiger partial charge in [0.25, 0.3) is 5.91 Å². The summed E-state index contributed by atoms with van der Waals surface area (Å²) in [6.07, 6.45) is 2.00. The maximum atomic E-state index is 12.3. The van der Waals surface area contributed by atoms with Crippen molar-refractivity contribution in [3.8, 4) is 0 Å². The summed E-state index contributed by atoms with van der Waals surface area (Å²) in [6, 6.07) is 1.85. The van der Waals surface area contributed by atoms with Crippen LogP contribution in [0.5, 0.6) is 0 Å². The summed E-state index contributed by atoms with van der Waals surface area (Å²) in [5, 5.41) is 13.4. The molecule has 2 heterocycles. The van der Waals surface area contributed by atoms with E-state index in [1.54, 1.807) is 0 Å². The first-order valence-electron chi connectivity index (χ1n) is 6.52. The monoisotopic (exact) mass is 360 g/mol. The third-order valence-electron chi connectivity index (χ3n) is 3.33. The standard InChI is InChI=1S/C13H17BrN2O3S/c14-11-4-10(8-20-11)13(19)16-3-1-2-9(7-16)5-15-6-12(17)18/h4,8-9,15H,1-3,5-7H2,(H,17,18). The van der Waals surface area contributed by atoms with Gasteiger partial charge in [-0.3, -0.25) is 9.59 Å². The molecule has 1 aromatic rings. The minimum atomic E-state index is -0.850. The van der Waals surface area contributed by atoms with E-state index >= 15 is 0 Å². The molecule has 1 saturated heterocycles. The van der Waals surface area contributed by atoms with E-state index in [4.69, 9.17) is 5.11 Å². The molecule has 1 amide bonds. The van der Waals surface area contributed by atoms with Crippen molar-refractivity contribution in [3.63, 3.8) is 0 Å². The summed E-state index contributed by atoms with van der Waals surface area (Å²) in [5.74, 6) is -0.458. The maximum absolute atomic E-state index is 12.3. The molecule has 1 aliphatic rings. The average molecular weight is 361 g/mol. The lowest BCUT2D eigenvalue weighted by molar-refractivity contribution is -0.136. The second-order valence-corrected chi connectivity index (χ2v) is 7.21. The average Bonchev–Trinajstić information content (AvgIpc) is 2.84. The first kappa shape index (κ1) is 15.5. The molecule has 1 aromatic heterocycles. The van der Waals surface area contributed by atoms with E-state index in [0.717, 1.165) is 28.7 Å². The lowest BCUT2D eigenvalue weighted by Crippen LogP contribution is -2.43. The molecule has 5 nitrogen and oxygen atoms in total. The van der Waals surface area contributed by atoms with Gasteiger partial charge < -0.3 is 15.3 Å². The zero-order chi connectivity index (χ0) is 14.5. The van der Waals surface area contributed by atoms with Crippen LogP contribution in [0.25, 0.3) is 0 Å². The maximum Gasteiger partial charge on any atom is 0.317 e. The molecular weight excluding hydrogens is 344 g/mol. The van der Waals surface area contributed by atoms with Crippen LogP contribution in [-0.4, -0.2) is 48.1 Å². The summed E-state index contributed by atoms with van der Waals surface area (Å²) in [4.78, 5) is 24.7. The van der Waals surface area contributed by atoms with E-state index in [2.05, 4.69) is 21.2 Å². The lowest BCUT2D eigenvalue weighted by atomic mass is 9.97. The highest BCUT2D eigenvalue weighted by molar-refractivity contribution is 9.11. The van der Waals surface area contributed by atoms with Crippen molar-refractivity contribution >= 4 is 39.1 Å². The van der Waals surface area contributed by atoms with Gasteiger partial charge in [-0.15, -0.1) is 11.3 Å². The lowest BCUT2D eigenvalue weighted by Gasteiger charge is -2.32. The van der Waals surface area contributed by atoms with E-state index in [9.17, 15) is 9.59 Å². The Morgan fingerprint density at radius 2 is 2.35 bits per heavy atom. The summed E-state index contributed by atoms with van der Waals surface area (Å²) in [5.41, 5.74) is 0.723. The van der Waals surface area contributed by atoms with Gasteiger partial charge in [0.15, 0.2) is 0 Å². The number of halogens is 1. The van der Waals surface area contributed by atoms with Gasteiger partial charge >= 0.3 is 5.97 Å². The van der Waals surface area contributed by atoms with E-state index in [0.29, 0.717) is 19.0 Å². The smallest absolute Gasteiger partial charge is 0.317 e. The van der Waals surface area contributed by atoms with Gasteiger partial charge in [0.05, 0.1) is 15.9 Å². The van der Waals surface area contributed by atoms with Crippen LogP contribution in [0.15, 0.2) is 15.2 Å². The Labute approximate surface area is 130 Å². The Morgan fingerprint density at radius 3 is 3.00 bits per heavy atom. The van der Waals surface area contributed by atoms with Crippen LogP contribution < -0.4 is 5.32 Å². The number of nitrogens with zero attached hydrogens (tertiary/aromatic N) is 1. The number of carbonyl (C=O) groups excluding carboxylic acids is 1. The molecule has 0 saturated carbocycles. The molecule has 1 aliphatic heterocycles. The van der Waals surface area contributed by atoms with Crippen LogP contribution in [-0.2, 0) is 4.79 Å². The topological polar surface area (TPSA) is 69.6 Å². The van der Waals surface area contributed by atoms with Crippen molar-refractivity contribution in [2.24, 2.45) is 5.92 Å². The van der Waals surface area contributed by atoms with Gasteiger partial charge in [-0.05, 0) is 40.8 Å². The molecule has 0 bridgehead atoms. The number of amides is 1. The summed E-state index contributed by atoms with van der Waals surface area (Å²) in [6.45, 7) is 2.09. The number of carboxylic acid groups (broad SMARTS) is 1. The number of likely N-dealkylation sites (tertiary alicyclic amines) is 1. The number of carboxylic acids is 1. The third kappa shape index (κ3) is 4.29. The molecule has 1 atom stereocenters. The fourth-order valence-corrected chi connectivity index (χ4v) is 3.53. The number of carbonyl (C=O) groups is 2. The second-order valence-electron chi connectivity index (χ2n) is 4.92. The molecule has 2 rings (SSSR count). The largest absolute Gasteiger partial charge is 0.480 e. The Kier molecular flexibility index (Phi) is 5.56. The predicted octanol–water partition coefficient (Wildman–Crippen LogP) is 2.04. The zero-order valence-electron chi connectivity index (χ0n) is 11.0. The molecule has 1 unspecified atom stereocenters. The number of rotatable bonds is 5. The SMILES string of the molecule is O=C(O)CNCC1CCCN(C(=O)c2csc(Br)c2)C1. The molecule has 20 heavy (non-hydrogen) atoms. The molecular formula is C13H17BrN2O3S. The molecule has 110 valence electrons. The first-order chi connectivity index (χ1) is 9.56. The highest BCUT2D eigenvalue weighted by atomic mass is 79.9. The summed E-state index contributed by atoms with van der Waals surface area (Å²) < 4.78 is 0.956. The number of nitrogens with one attached hydrogen (secondary N) is 1. The van der Waals surface area contributed by atoms with Gasteiger partial charge in [0.2, 0.25) is 0 Å². The van der Waals surface area contributed by atoms with Crippen LogP contribution >= 0.6 is 27.3 Å². The van der Waals surface area contributed by atoms with E-state index in [1.807, 2.05) is 16.3 Å². The van der Waals surface area contributed by atoms with Gasteiger partial charge in [0, 0.05) is 25.0 Å². The van der Waals surface area contributed by atoms with Crippen LogP contribution in [0.1, 0.15) is 23.2 Å². The highest BCUT2D eigenvalue weighted by Gasteiger charge is 2.24. The Bertz CT molecular complexity index is 492. The van der Waals surface area contributed by atoms with Crippen molar-refractivity contribution < 1.29 is 14.7 Å². The molecule has 0 spiro atoms. The van der Waals surface area contributed by atoms with Crippen molar-refractivity contribution in [1.29, 1.82) is 0 Å². The fraction of sp³-hybridized carbons (Fsp3) is 0.538. The van der Waals surface area contributed by atoms with Crippen molar-refractivity contribution in [3.05, 3.63) is 20.8 Å². The minimum absolute atomic E-state index is 0.0259. The van der Waals surface area contributed by atoms with Crippen LogP contribution in [0.2, 0.25) is 0 Å². The molecule has 7 heteroatoms. The Hall–Kier alpha value is -0.920. The molecule has 0 radical (unpaired) electrons. The summed E-state index contributed by atoms with van der Waals surface area (Å²) >= 11 is 4.87. The van der Waals surface area contributed by atoms with Crippen molar-refractivity contribution in [2.75, 3.05) is 26.2 Å². The van der Waals surface area contributed by atoms with Gasteiger partial charge in [-0.25, -0.2) is 0 Å². The number of thiophene rings is 1. The third-order valence-corrected chi connectivity index (χ3v) is 4.83. The van der Waals surface area contributed by atoms with Gasteiger partial charge in [-0.1, -0.05) is 0 Å². The fourth-order valence-electron chi connectivity index (χ4n) is 2.40. The Morgan fingerprint density at radius 1 is 1.55 bits per heavy atom. The van der Waals surface area contributed by atoms with E-state index in [1.165, 1.54) is 11.3 Å². The summed E-state index contributed by atoms with van der Waals surface area (Å²) in [7, 11) is 0. The zero-order valence-corrected chi connectivity index (χ0v) is 13.4. The molecule has 2 N–H and O–H groups in total. The van der Waals surface area contributed by atoms with E-state index < -0.39 is 5.97 Å². The van der Waals surface area contributed by atoms with Crippen LogP contribution in [0, 0.1) is 5.92 Å². The first-order valence-corrected chi connectivity index (χ1v) is 8.19. The number of piperidine rings is 1. The van der Waals surface area contributed by atoms with Crippen molar-refractivity contribution in [1.82, 2.24) is 10.2 Å². The van der Waals surface area contributed by atoms with Crippen LogP contribution in [0.4, 0.5) is 0 Å².